The molecule has 2 unspecified atom stereocenters. The van der Waals surface area contributed by atoms with Crippen LogP contribution >= 0.6 is 0 Å². The Morgan fingerprint density at radius 2 is 1.60 bits per heavy atom. The lowest BCUT2D eigenvalue weighted by Crippen LogP contribution is -2.25. The van der Waals surface area contributed by atoms with Crippen molar-refractivity contribution in [2.45, 2.75) is 62.4 Å². The molecule has 2 N–H and O–H groups in total. The Kier molecular flexibility index (Phi) is 6.17. The highest BCUT2D eigenvalue weighted by Crippen LogP contribution is 2.17. The summed E-state index contributed by atoms with van der Waals surface area (Å²) in [5.74, 6) is 0. The van der Waals surface area contributed by atoms with Gasteiger partial charge in [-0.25, -0.2) is 8.42 Å². The van der Waals surface area contributed by atoms with Crippen LogP contribution in [0, 0.1) is 0 Å². The molecule has 20 heavy (non-hydrogen) atoms. The van der Waals surface area contributed by atoms with E-state index >= 15 is 0 Å². The van der Waals surface area contributed by atoms with Gasteiger partial charge in [-0.05, 0) is 50.8 Å². The maximum Gasteiger partial charge on any atom is 0.180 e. The molecule has 0 aliphatic heterocycles. The van der Waals surface area contributed by atoms with Crippen LogP contribution in [-0.4, -0.2) is 36.1 Å². The molecule has 5 heteroatoms. The number of aliphatic hydroxyl groups is 2. The van der Waals surface area contributed by atoms with E-state index in [1.54, 1.807) is 38.1 Å². The van der Waals surface area contributed by atoms with Crippen molar-refractivity contribution in [3.63, 3.8) is 0 Å². The summed E-state index contributed by atoms with van der Waals surface area (Å²) >= 11 is 0. The van der Waals surface area contributed by atoms with E-state index in [1.807, 2.05) is 6.92 Å². The van der Waals surface area contributed by atoms with Crippen LogP contribution in [0.2, 0.25) is 0 Å². The standard InChI is InChI=1S/C15H24O4S/c1-4-14(16)15(17)10-7-12-5-8-13(9-6-12)20(18,19)11(2)3/h5-6,8-9,11,14-17H,4,7,10H2,1-3H3. The lowest BCUT2D eigenvalue weighted by Gasteiger charge is -2.16. The van der Waals surface area contributed by atoms with Gasteiger partial charge >= 0.3 is 0 Å². The molecule has 0 fully saturated rings. The molecule has 0 spiro atoms. The van der Waals surface area contributed by atoms with Crippen molar-refractivity contribution in [1.29, 1.82) is 0 Å². The Morgan fingerprint density at radius 3 is 2.05 bits per heavy atom. The molecule has 0 heterocycles. The second-order valence-electron chi connectivity index (χ2n) is 5.32. The Morgan fingerprint density at radius 1 is 1.05 bits per heavy atom. The molecule has 0 saturated heterocycles. The highest BCUT2D eigenvalue weighted by Gasteiger charge is 2.19. The normalized spacial score (nSPS) is 15.3. The first-order valence-corrected chi connectivity index (χ1v) is 8.52. The summed E-state index contributed by atoms with van der Waals surface area (Å²) in [5, 5.41) is 18.7. The van der Waals surface area contributed by atoms with Crippen molar-refractivity contribution in [3.8, 4) is 0 Å². The first-order chi connectivity index (χ1) is 9.28. The monoisotopic (exact) mass is 300 g/mol. The fraction of sp³-hybridized carbons (Fsp3) is 0.600. The third-order valence-electron chi connectivity index (χ3n) is 3.46. The maximum absolute atomic E-state index is 12.0. The van der Waals surface area contributed by atoms with Gasteiger partial charge in [0.1, 0.15) is 0 Å². The molecule has 0 aliphatic rings. The van der Waals surface area contributed by atoms with Gasteiger partial charge in [-0.3, -0.25) is 0 Å². The average Bonchev–Trinajstić information content (AvgIpc) is 2.44. The fourth-order valence-corrected chi connectivity index (χ4v) is 2.96. The highest BCUT2D eigenvalue weighted by molar-refractivity contribution is 7.92. The van der Waals surface area contributed by atoms with Crippen molar-refractivity contribution >= 4 is 9.84 Å². The minimum Gasteiger partial charge on any atom is -0.390 e. The summed E-state index contributed by atoms with van der Waals surface area (Å²) in [6.45, 7) is 5.14. The highest BCUT2D eigenvalue weighted by atomic mass is 32.2. The van der Waals surface area contributed by atoms with E-state index < -0.39 is 27.3 Å². The second-order valence-corrected chi connectivity index (χ2v) is 7.82. The molecule has 4 nitrogen and oxygen atoms in total. The summed E-state index contributed by atoms with van der Waals surface area (Å²) in [5.41, 5.74) is 0.954. The van der Waals surface area contributed by atoms with E-state index in [4.69, 9.17) is 0 Å². The smallest absolute Gasteiger partial charge is 0.180 e. The Balaban J connectivity index is 2.69. The molecule has 1 aromatic rings. The maximum atomic E-state index is 12.0. The summed E-state index contributed by atoms with van der Waals surface area (Å²) in [4.78, 5) is 0.324. The quantitative estimate of drug-likeness (QED) is 0.807. The molecule has 0 amide bonds. The van der Waals surface area contributed by atoms with Crippen LogP contribution in [-0.2, 0) is 16.3 Å². The Labute approximate surface area is 121 Å². The van der Waals surface area contributed by atoms with E-state index in [9.17, 15) is 18.6 Å². The van der Waals surface area contributed by atoms with Gasteiger partial charge in [0.05, 0.1) is 22.4 Å². The minimum atomic E-state index is -3.23. The molecule has 0 aromatic heterocycles. The molecular weight excluding hydrogens is 276 g/mol. The van der Waals surface area contributed by atoms with E-state index in [2.05, 4.69) is 0 Å². The van der Waals surface area contributed by atoms with Crippen LogP contribution in [0.25, 0.3) is 0 Å². The topological polar surface area (TPSA) is 74.6 Å². The van der Waals surface area contributed by atoms with Crippen molar-refractivity contribution in [2.75, 3.05) is 0 Å². The first-order valence-electron chi connectivity index (χ1n) is 6.98. The predicted octanol–water partition coefficient (Wildman–Crippen LogP) is 1.93. The van der Waals surface area contributed by atoms with Crippen LogP contribution in [0.15, 0.2) is 29.2 Å². The largest absolute Gasteiger partial charge is 0.390 e. The van der Waals surface area contributed by atoms with Crippen molar-refractivity contribution in [2.24, 2.45) is 0 Å². The molecule has 2 atom stereocenters. The lowest BCUT2D eigenvalue weighted by molar-refractivity contribution is 0.0130. The third kappa shape index (κ3) is 4.30. The van der Waals surface area contributed by atoms with Gasteiger partial charge in [0, 0.05) is 0 Å². The van der Waals surface area contributed by atoms with Gasteiger partial charge in [0.2, 0.25) is 0 Å². The number of rotatable bonds is 7. The third-order valence-corrected chi connectivity index (χ3v) is 5.63. The molecule has 0 radical (unpaired) electrons. The van der Waals surface area contributed by atoms with Gasteiger partial charge in [-0.15, -0.1) is 0 Å². The minimum absolute atomic E-state index is 0.324. The Hall–Kier alpha value is -0.910. The molecule has 0 bridgehead atoms. The number of aryl methyl sites for hydroxylation is 1. The number of hydrogen-bond donors (Lipinski definition) is 2. The van der Waals surface area contributed by atoms with Crippen molar-refractivity contribution in [3.05, 3.63) is 29.8 Å². The summed E-state index contributed by atoms with van der Waals surface area (Å²) in [7, 11) is -3.23. The summed E-state index contributed by atoms with van der Waals surface area (Å²) in [6, 6.07) is 6.74. The van der Waals surface area contributed by atoms with Crippen LogP contribution in [0.3, 0.4) is 0 Å². The zero-order chi connectivity index (χ0) is 15.3. The molecule has 0 aliphatic carbocycles. The van der Waals surface area contributed by atoms with Crippen LogP contribution < -0.4 is 0 Å². The number of hydrogen-bond acceptors (Lipinski definition) is 4. The van der Waals surface area contributed by atoms with Crippen molar-refractivity contribution < 1.29 is 18.6 Å². The van der Waals surface area contributed by atoms with E-state index in [-0.39, 0.29) is 0 Å². The number of benzene rings is 1. The second kappa shape index (κ2) is 7.20. The van der Waals surface area contributed by atoms with Crippen LogP contribution in [0.1, 0.15) is 39.2 Å². The lowest BCUT2D eigenvalue weighted by atomic mass is 10.0. The molecule has 0 saturated carbocycles. The first kappa shape index (κ1) is 17.1. The molecule has 1 aromatic carbocycles. The average molecular weight is 300 g/mol. The Bertz CT molecular complexity index is 505. The zero-order valence-corrected chi connectivity index (χ0v) is 13.1. The van der Waals surface area contributed by atoms with Crippen LogP contribution in [0.5, 0.6) is 0 Å². The SMILES string of the molecule is CCC(O)C(O)CCc1ccc(S(=O)(=O)C(C)C)cc1. The van der Waals surface area contributed by atoms with Crippen LogP contribution in [0.4, 0.5) is 0 Å². The predicted molar refractivity (Wildman–Crippen MR) is 79.4 cm³/mol. The van der Waals surface area contributed by atoms with Gasteiger partial charge in [-0.1, -0.05) is 19.1 Å². The van der Waals surface area contributed by atoms with E-state index in [1.165, 1.54) is 0 Å². The van der Waals surface area contributed by atoms with Gasteiger partial charge in [0.15, 0.2) is 9.84 Å². The van der Waals surface area contributed by atoms with E-state index in [0.717, 1.165) is 5.56 Å². The van der Waals surface area contributed by atoms with Gasteiger partial charge in [0.25, 0.3) is 0 Å². The number of aliphatic hydroxyl groups excluding tert-OH is 2. The number of sulfone groups is 1. The molecular formula is C15H24O4S. The summed E-state index contributed by atoms with van der Waals surface area (Å²) in [6.07, 6.45) is 0.160. The van der Waals surface area contributed by atoms with Gasteiger partial charge in [-0.2, -0.15) is 0 Å². The van der Waals surface area contributed by atoms with Crippen molar-refractivity contribution in [1.82, 2.24) is 0 Å². The fourth-order valence-electron chi connectivity index (χ4n) is 1.90. The van der Waals surface area contributed by atoms with Gasteiger partial charge < -0.3 is 10.2 Å². The molecule has 1 rings (SSSR count). The zero-order valence-electron chi connectivity index (χ0n) is 12.3. The summed E-state index contributed by atoms with van der Waals surface area (Å²) < 4.78 is 23.9. The molecule has 114 valence electrons. The van der Waals surface area contributed by atoms with E-state index in [0.29, 0.717) is 24.2 Å².